The molecule has 0 atom stereocenters. The summed E-state index contributed by atoms with van der Waals surface area (Å²) in [5.74, 6) is -6.74. The molecule has 240 valence electrons. The van der Waals surface area contributed by atoms with Gasteiger partial charge in [-0.15, -0.1) is 0 Å². The van der Waals surface area contributed by atoms with Gasteiger partial charge in [0.1, 0.15) is 5.65 Å². The lowest BCUT2D eigenvalue weighted by molar-refractivity contribution is 0.0470. The number of aromatic nitrogens is 5. The van der Waals surface area contributed by atoms with Gasteiger partial charge in [0, 0.05) is 0 Å². The second kappa shape index (κ2) is 13.4. The molecule has 4 heterocycles. The minimum absolute atomic E-state index is 0.0618. The Kier molecular flexibility index (Phi) is 9.69. The first kappa shape index (κ1) is 32.4. The van der Waals surface area contributed by atoms with Crippen molar-refractivity contribution in [3.8, 4) is 0 Å². The van der Waals surface area contributed by atoms with Crippen LogP contribution < -0.4 is 0 Å². The van der Waals surface area contributed by atoms with Gasteiger partial charge in [0.2, 0.25) is 11.6 Å². The van der Waals surface area contributed by atoms with E-state index >= 15 is 0 Å². The van der Waals surface area contributed by atoms with E-state index < -0.39 is 64.3 Å². The van der Waals surface area contributed by atoms with Crippen LogP contribution in [0.3, 0.4) is 0 Å². The Morgan fingerprint density at radius 2 is 0.822 bits per heavy atom. The zero-order chi connectivity index (χ0) is 33.0. The molecule has 0 amide bonds. The van der Waals surface area contributed by atoms with Crippen molar-refractivity contribution in [2.45, 2.75) is 41.5 Å². The van der Waals surface area contributed by atoms with E-state index in [2.05, 4.69) is 9.97 Å². The molecule has 17 nitrogen and oxygen atoms in total. The molecule has 0 unspecified atom stereocenters. The first-order valence-electron chi connectivity index (χ1n) is 14.2. The molecule has 0 fully saturated rings. The van der Waals surface area contributed by atoms with E-state index in [1.807, 2.05) is 0 Å². The SMILES string of the molecule is CCOC(=O)c1cc2n(c1C(=O)OCC)c1nc(C(=O)OCC)c(C(=O)OCC)n1c1nc(C(=O)OCC)c(C(=O)OCC)n21. The number of hydrogen-bond acceptors (Lipinski definition) is 14. The van der Waals surface area contributed by atoms with Crippen LogP contribution in [0.5, 0.6) is 0 Å². The lowest BCUT2D eigenvalue weighted by Crippen LogP contribution is -2.19. The average Bonchev–Trinajstić information content (AvgIpc) is 3.69. The number of rotatable bonds is 12. The van der Waals surface area contributed by atoms with E-state index in [4.69, 9.17) is 28.4 Å². The van der Waals surface area contributed by atoms with Crippen LogP contribution in [0.1, 0.15) is 104 Å². The topological polar surface area (TPSA) is 197 Å². The van der Waals surface area contributed by atoms with E-state index in [1.54, 1.807) is 20.8 Å². The third-order valence-corrected chi connectivity index (χ3v) is 6.17. The summed E-state index contributed by atoms with van der Waals surface area (Å²) >= 11 is 0. The minimum Gasteiger partial charge on any atom is -0.462 e. The second-order valence-corrected chi connectivity index (χ2v) is 8.81. The predicted octanol–water partition coefficient (Wildman–Crippen LogP) is 2.29. The van der Waals surface area contributed by atoms with Crippen molar-refractivity contribution in [1.29, 1.82) is 0 Å². The summed E-state index contributed by atoms with van der Waals surface area (Å²) in [7, 11) is 0. The zero-order valence-electron chi connectivity index (χ0n) is 25.5. The Labute approximate surface area is 254 Å². The van der Waals surface area contributed by atoms with Crippen molar-refractivity contribution < 1.29 is 57.2 Å². The van der Waals surface area contributed by atoms with Crippen molar-refractivity contribution in [3.05, 3.63) is 40.1 Å². The summed E-state index contributed by atoms with van der Waals surface area (Å²) in [6.07, 6.45) is 0. The molecule has 0 saturated heterocycles. The molecule has 0 saturated carbocycles. The van der Waals surface area contributed by atoms with Crippen LogP contribution in [0, 0.1) is 0 Å². The summed E-state index contributed by atoms with van der Waals surface area (Å²) < 4.78 is 34.3. The maximum absolute atomic E-state index is 13.5. The highest BCUT2D eigenvalue weighted by Gasteiger charge is 2.37. The van der Waals surface area contributed by atoms with Gasteiger partial charge in [-0.05, 0) is 47.6 Å². The Balaban J connectivity index is 2.40. The van der Waals surface area contributed by atoms with E-state index in [9.17, 15) is 28.8 Å². The number of imidazole rings is 2. The lowest BCUT2D eigenvalue weighted by atomic mass is 10.2. The molecule has 45 heavy (non-hydrogen) atoms. The lowest BCUT2D eigenvalue weighted by Gasteiger charge is -2.11. The molecule has 17 heteroatoms. The Morgan fingerprint density at radius 3 is 1.24 bits per heavy atom. The van der Waals surface area contributed by atoms with Gasteiger partial charge in [-0.1, -0.05) is 0 Å². The summed E-state index contributed by atoms with van der Waals surface area (Å²) in [6.45, 7) is 8.68. The highest BCUT2D eigenvalue weighted by Crippen LogP contribution is 2.29. The van der Waals surface area contributed by atoms with Gasteiger partial charge in [0.05, 0.1) is 45.2 Å². The van der Waals surface area contributed by atoms with Crippen LogP contribution in [0.4, 0.5) is 0 Å². The van der Waals surface area contributed by atoms with Crippen molar-refractivity contribution >= 4 is 53.0 Å². The molecule has 0 aliphatic carbocycles. The number of carbonyl (C=O) groups excluding carboxylic acids is 6. The molecule has 4 aromatic heterocycles. The third-order valence-electron chi connectivity index (χ3n) is 6.17. The van der Waals surface area contributed by atoms with Crippen LogP contribution >= 0.6 is 0 Å². The molecule has 0 spiro atoms. The molecule has 0 radical (unpaired) electrons. The van der Waals surface area contributed by atoms with Crippen LogP contribution in [-0.4, -0.2) is 98.6 Å². The minimum atomic E-state index is -1.05. The molecule has 0 aromatic carbocycles. The monoisotopic (exact) mass is 629 g/mol. The molecular formula is C28H31N5O12. The van der Waals surface area contributed by atoms with Gasteiger partial charge in [0.25, 0.3) is 0 Å². The fourth-order valence-corrected chi connectivity index (χ4v) is 4.61. The molecule has 4 rings (SSSR count). The van der Waals surface area contributed by atoms with Gasteiger partial charge >= 0.3 is 35.8 Å². The van der Waals surface area contributed by atoms with Crippen LogP contribution in [0.2, 0.25) is 0 Å². The van der Waals surface area contributed by atoms with Gasteiger partial charge in [-0.3, -0.25) is 8.80 Å². The molecule has 0 bridgehead atoms. The quantitative estimate of drug-likeness (QED) is 0.163. The van der Waals surface area contributed by atoms with Crippen molar-refractivity contribution in [2.75, 3.05) is 39.6 Å². The van der Waals surface area contributed by atoms with Crippen molar-refractivity contribution in [2.24, 2.45) is 0 Å². The average molecular weight is 630 g/mol. The Hall–Kier alpha value is -5.48. The van der Waals surface area contributed by atoms with Crippen molar-refractivity contribution in [1.82, 2.24) is 23.2 Å². The highest BCUT2D eigenvalue weighted by atomic mass is 16.6. The van der Waals surface area contributed by atoms with E-state index in [0.29, 0.717) is 0 Å². The number of hydrogen-bond donors (Lipinski definition) is 0. The normalized spacial score (nSPS) is 11.1. The Bertz CT molecular complexity index is 1610. The molecule has 0 N–H and O–H groups in total. The number of esters is 6. The largest absolute Gasteiger partial charge is 0.462 e. The third kappa shape index (κ3) is 5.51. The summed E-state index contributed by atoms with van der Waals surface area (Å²) in [6, 6.07) is 1.19. The fourth-order valence-electron chi connectivity index (χ4n) is 4.61. The molecular weight excluding hydrogens is 598 g/mol. The molecule has 0 aliphatic rings. The Morgan fingerprint density at radius 1 is 0.489 bits per heavy atom. The first-order chi connectivity index (χ1) is 21.6. The standard InChI is InChI=1S/C28H31N5O12/c1-7-40-21(34)14-13-15-31(18(14)24(37)43-10-4)27-30-17(23(36)42-9-3)20(26(39)45-12-6)33(27)28-29-16(22(35)41-8-2)19(32(15)28)25(38)44-11-5/h13H,7-12H2,1-6H3. The van der Waals surface area contributed by atoms with E-state index in [0.717, 1.165) is 13.2 Å². The second-order valence-electron chi connectivity index (χ2n) is 8.81. The fraction of sp³-hybridized carbons (Fsp3) is 0.429. The van der Waals surface area contributed by atoms with Gasteiger partial charge < -0.3 is 28.4 Å². The van der Waals surface area contributed by atoms with Gasteiger partial charge in [0.15, 0.2) is 28.5 Å². The van der Waals surface area contributed by atoms with Crippen LogP contribution in [0.15, 0.2) is 6.07 Å². The maximum atomic E-state index is 13.5. The summed E-state index contributed by atoms with van der Waals surface area (Å²) in [5, 5.41) is 0. The number of fused-ring (bicyclic) bond motifs is 6. The molecule has 4 aromatic rings. The number of ether oxygens (including phenoxy) is 6. The molecule has 0 aliphatic heterocycles. The predicted molar refractivity (Wildman–Crippen MR) is 151 cm³/mol. The van der Waals surface area contributed by atoms with E-state index in [-0.39, 0.29) is 62.4 Å². The highest BCUT2D eigenvalue weighted by molar-refractivity contribution is 6.07. The van der Waals surface area contributed by atoms with Gasteiger partial charge in [-0.2, -0.15) is 0 Å². The van der Waals surface area contributed by atoms with Gasteiger partial charge in [-0.25, -0.2) is 43.1 Å². The van der Waals surface area contributed by atoms with Crippen molar-refractivity contribution in [3.63, 3.8) is 0 Å². The maximum Gasteiger partial charge on any atom is 0.359 e. The summed E-state index contributed by atoms with van der Waals surface area (Å²) in [4.78, 5) is 88.5. The number of nitrogens with zero attached hydrogens (tertiary/aromatic N) is 5. The smallest absolute Gasteiger partial charge is 0.359 e. The number of carbonyl (C=O) groups is 6. The summed E-state index contributed by atoms with van der Waals surface area (Å²) in [5.41, 5.74) is -2.91. The van der Waals surface area contributed by atoms with E-state index in [1.165, 1.54) is 26.8 Å². The first-order valence-corrected chi connectivity index (χ1v) is 14.2. The van der Waals surface area contributed by atoms with Crippen LogP contribution in [0.25, 0.3) is 17.2 Å². The zero-order valence-corrected chi connectivity index (χ0v) is 25.5. The van der Waals surface area contributed by atoms with Crippen LogP contribution in [-0.2, 0) is 28.4 Å².